The van der Waals surface area contributed by atoms with Gasteiger partial charge in [0.1, 0.15) is 0 Å². The summed E-state index contributed by atoms with van der Waals surface area (Å²) in [5.41, 5.74) is 0. The molecule has 1 aliphatic heterocycles. The van der Waals surface area contributed by atoms with Gasteiger partial charge in [-0.2, -0.15) is 0 Å². The second-order valence-electron chi connectivity index (χ2n) is 3.97. The van der Waals surface area contributed by atoms with Crippen LogP contribution in [-0.2, 0) is 9.53 Å². The highest BCUT2D eigenvalue weighted by Gasteiger charge is 2.30. The minimum Gasteiger partial charge on any atom is -0.373 e. The van der Waals surface area contributed by atoms with Crippen LogP contribution < -0.4 is 0 Å². The second-order valence-corrected chi connectivity index (χ2v) is 5.14. The largest absolute Gasteiger partial charge is 0.373 e. The standard InChI is InChI=1S/C12H19BrO2/c1-3-5-9(14)8-10-6-7-12(15-10)11(13)4-2/h3,5,10-12H,4,6-8H2,1-2H3/b5-3-. The SMILES string of the molecule is C/C=C\C(=O)CC1CCC(C(Br)CC)O1. The van der Waals surface area contributed by atoms with Gasteiger partial charge in [-0.25, -0.2) is 0 Å². The van der Waals surface area contributed by atoms with Gasteiger partial charge < -0.3 is 4.74 Å². The predicted octanol–water partition coefficient (Wildman–Crippen LogP) is 3.24. The Morgan fingerprint density at radius 1 is 1.60 bits per heavy atom. The van der Waals surface area contributed by atoms with Crippen LogP contribution in [0.2, 0.25) is 0 Å². The van der Waals surface area contributed by atoms with E-state index in [1.165, 1.54) is 0 Å². The molecule has 0 aromatic heterocycles. The van der Waals surface area contributed by atoms with Crippen LogP contribution in [0.15, 0.2) is 12.2 Å². The normalized spacial score (nSPS) is 28.5. The lowest BCUT2D eigenvalue weighted by molar-refractivity contribution is -0.117. The highest BCUT2D eigenvalue weighted by molar-refractivity contribution is 9.09. The number of ether oxygens (including phenoxy) is 1. The molecule has 0 amide bonds. The Balaban J connectivity index is 2.33. The Bertz CT molecular complexity index is 238. The highest BCUT2D eigenvalue weighted by atomic mass is 79.9. The molecule has 0 saturated carbocycles. The summed E-state index contributed by atoms with van der Waals surface area (Å²) in [6, 6.07) is 0. The van der Waals surface area contributed by atoms with Crippen LogP contribution in [-0.4, -0.2) is 22.8 Å². The lowest BCUT2D eigenvalue weighted by Gasteiger charge is -2.16. The maximum atomic E-state index is 11.4. The number of carbonyl (C=O) groups is 1. The second kappa shape index (κ2) is 6.44. The fourth-order valence-electron chi connectivity index (χ4n) is 1.89. The Hall–Kier alpha value is -0.150. The molecule has 0 N–H and O–H groups in total. The number of carbonyl (C=O) groups excluding carboxylic acids is 1. The lowest BCUT2D eigenvalue weighted by Crippen LogP contribution is -2.21. The summed E-state index contributed by atoms with van der Waals surface area (Å²) in [7, 11) is 0. The van der Waals surface area contributed by atoms with Crippen LogP contribution in [0.4, 0.5) is 0 Å². The summed E-state index contributed by atoms with van der Waals surface area (Å²) >= 11 is 3.60. The van der Waals surface area contributed by atoms with Crippen molar-refractivity contribution in [2.24, 2.45) is 0 Å². The molecule has 3 unspecified atom stereocenters. The molecule has 0 aromatic rings. The molecule has 2 nitrogen and oxygen atoms in total. The van der Waals surface area contributed by atoms with E-state index in [9.17, 15) is 4.79 Å². The van der Waals surface area contributed by atoms with Crippen LogP contribution in [0.3, 0.4) is 0 Å². The summed E-state index contributed by atoms with van der Waals surface area (Å²) < 4.78 is 5.83. The van der Waals surface area contributed by atoms with Gasteiger partial charge in [-0.1, -0.05) is 28.9 Å². The molecule has 0 aromatic carbocycles. The summed E-state index contributed by atoms with van der Waals surface area (Å²) in [4.78, 5) is 11.8. The smallest absolute Gasteiger partial charge is 0.157 e. The van der Waals surface area contributed by atoms with Crippen LogP contribution in [0.25, 0.3) is 0 Å². The van der Waals surface area contributed by atoms with Crippen LogP contribution in [0.5, 0.6) is 0 Å². The summed E-state index contributed by atoms with van der Waals surface area (Å²) in [6.07, 6.45) is 7.51. The molecule has 1 heterocycles. The van der Waals surface area contributed by atoms with Gasteiger partial charge in [0.25, 0.3) is 0 Å². The highest BCUT2D eigenvalue weighted by Crippen LogP contribution is 2.28. The summed E-state index contributed by atoms with van der Waals surface area (Å²) in [6.45, 7) is 4.00. The summed E-state index contributed by atoms with van der Waals surface area (Å²) in [5.74, 6) is 0.172. The Morgan fingerprint density at radius 3 is 2.93 bits per heavy atom. The molecule has 1 fully saturated rings. The number of alkyl halides is 1. The van der Waals surface area contributed by atoms with Crippen molar-refractivity contribution < 1.29 is 9.53 Å². The fourth-order valence-corrected chi connectivity index (χ4v) is 2.28. The molecular weight excluding hydrogens is 256 g/mol. The van der Waals surface area contributed by atoms with Crippen LogP contribution in [0, 0.1) is 0 Å². The first-order valence-electron chi connectivity index (χ1n) is 5.62. The van der Waals surface area contributed by atoms with Crippen molar-refractivity contribution in [2.45, 2.75) is 56.6 Å². The monoisotopic (exact) mass is 274 g/mol. The van der Waals surface area contributed by atoms with Gasteiger partial charge in [-0.15, -0.1) is 0 Å². The molecule has 15 heavy (non-hydrogen) atoms. The number of hydrogen-bond acceptors (Lipinski definition) is 2. The van der Waals surface area contributed by atoms with Gasteiger partial charge >= 0.3 is 0 Å². The maximum Gasteiger partial charge on any atom is 0.157 e. The Labute approximate surface area is 100 Å². The number of halogens is 1. The minimum absolute atomic E-state index is 0.130. The third-order valence-electron chi connectivity index (χ3n) is 2.72. The van der Waals surface area contributed by atoms with E-state index >= 15 is 0 Å². The zero-order chi connectivity index (χ0) is 11.3. The van der Waals surface area contributed by atoms with Gasteiger partial charge in [-0.05, 0) is 32.3 Å². The molecule has 0 radical (unpaired) electrons. The van der Waals surface area contributed by atoms with Gasteiger partial charge in [0.2, 0.25) is 0 Å². The maximum absolute atomic E-state index is 11.4. The van der Waals surface area contributed by atoms with Crippen molar-refractivity contribution in [1.82, 2.24) is 0 Å². The predicted molar refractivity (Wildman–Crippen MR) is 65.3 cm³/mol. The van der Waals surface area contributed by atoms with E-state index in [2.05, 4.69) is 22.9 Å². The molecular formula is C12H19BrO2. The molecule has 0 aliphatic carbocycles. The average molecular weight is 275 g/mol. The quantitative estimate of drug-likeness (QED) is 0.568. The fraction of sp³-hybridized carbons (Fsp3) is 0.750. The third-order valence-corrected chi connectivity index (χ3v) is 3.95. The topological polar surface area (TPSA) is 26.3 Å². The average Bonchev–Trinajstić information content (AvgIpc) is 2.65. The number of ketones is 1. The van der Waals surface area contributed by atoms with E-state index in [1.807, 2.05) is 6.92 Å². The Kier molecular flexibility index (Phi) is 5.54. The van der Waals surface area contributed by atoms with Gasteiger partial charge in [0.15, 0.2) is 5.78 Å². The van der Waals surface area contributed by atoms with Crippen LogP contribution in [0.1, 0.15) is 39.5 Å². The minimum atomic E-state index is 0.130. The van der Waals surface area contributed by atoms with E-state index < -0.39 is 0 Å². The first-order chi connectivity index (χ1) is 7.17. The van der Waals surface area contributed by atoms with Gasteiger partial charge in [-0.3, -0.25) is 4.79 Å². The van der Waals surface area contributed by atoms with Crippen molar-refractivity contribution >= 4 is 21.7 Å². The van der Waals surface area contributed by atoms with E-state index in [-0.39, 0.29) is 11.9 Å². The molecule has 0 bridgehead atoms. The van der Waals surface area contributed by atoms with Crippen LogP contribution >= 0.6 is 15.9 Å². The molecule has 3 atom stereocenters. The summed E-state index contributed by atoms with van der Waals surface area (Å²) in [5, 5.41) is 0. The van der Waals surface area contributed by atoms with E-state index in [0.717, 1.165) is 19.3 Å². The zero-order valence-corrected chi connectivity index (χ0v) is 11.0. The Morgan fingerprint density at radius 2 is 2.33 bits per heavy atom. The van der Waals surface area contributed by atoms with Crippen molar-refractivity contribution in [2.75, 3.05) is 0 Å². The van der Waals surface area contributed by atoms with Gasteiger partial charge in [0.05, 0.1) is 12.2 Å². The molecule has 1 aliphatic rings. The molecule has 0 spiro atoms. The molecule has 3 heteroatoms. The third kappa shape index (κ3) is 4.07. The first-order valence-corrected chi connectivity index (χ1v) is 6.54. The molecule has 1 rings (SSSR count). The molecule has 1 saturated heterocycles. The number of hydrogen-bond donors (Lipinski definition) is 0. The van der Waals surface area contributed by atoms with Crippen molar-refractivity contribution in [3.8, 4) is 0 Å². The van der Waals surface area contributed by atoms with E-state index in [1.54, 1.807) is 12.2 Å². The zero-order valence-electron chi connectivity index (χ0n) is 9.41. The number of rotatable bonds is 5. The number of allylic oxidation sites excluding steroid dienone is 2. The van der Waals surface area contributed by atoms with E-state index in [4.69, 9.17) is 4.74 Å². The van der Waals surface area contributed by atoms with Crippen molar-refractivity contribution in [3.05, 3.63) is 12.2 Å². The molecule has 86 valence electrons. The van der Waals surface area contributed by atoms with Gasteiger partial charge in [0, 0.05) is 11.2 Å². The van der Waals surface area contributed by atoms with Crippen molar-refractivity contribution in [3.63, 3.8) is 0 Å². The lowest BCUT2D eigenvalue weighted by atomic mass is 10.1. The first kappa shape index (κ1) is 12.9. The van der Waals surface area contributed by atoms with E-state index in [0.29, 0.717) is 17.4 Å². The van der Waals surface area contributed by atoms with Crippen molar-refractivity contribution in [1.29, 1.82) is 0 Å².